The van der Waals surface area contributed by atoms with E-state index in [1.807, 2.05) is 0 Å². The van der Waals surface area contributed by atoms with E-state index in [9.17, 15) is 18.4 Å². The molecule has 7 heteroatoms. The smallest absolute Gasteiger partial charge is 0.309 e. The standard InChI is InChI=1S/C13H17ClF2O4/c1-5-19-12(18)8-7(13(8,3)4)10(20-6(2)17)9(14)11(15)16/h7-8,10H,5H2,1-4H3/t7-,8-,10?/m0/s1. The molecule has 1 aliphatic rings. The van der Waals surface area contributed by atoms with Crippen LogP contribution in [0.5, 0.6) is 0 Å². The van der Waals surface area contributed by atoms with Crippen molar-refractivity contribution in [2.24, 2.45) is 17.3 Å². The van der Waals surface area contributed by atoms with E-state index in [1.165, 1.54) is 0 Å². The van der Waals surface area contributed by atoms with Gasteiger partial charge in [-0.1, -0.05) is 25.4 Å². The summed E-state index contributed by atoms with van der Waals surface area (Å²) in [7, 11) is 0. The van der Waals surface area contributed by atoms with E-state index in [0.29, 0.717) is 0 Å². The largest absolute Gasteiger partial charge is 0.466 e. The maximum atomic E-state index is 12.7. The van der Waals surface area contributed by atoms with Crippen LogP contribution >= 0.6 is 11.6 Å². The third-order valence-corrected chi connectivity index (χ3v) is 3.86. The van der Waals surface area contributed by atoms with Crippen molar-refractivity contribution in [1.29, 1.82) is 0 Å². The van der Waals surface area contributed by atoms with Crippen LogP contribution in [0.15, 0.2) is 11.1 Å². The van der Waals surface area contributed by atoms with Crippen molar-refractivity contribution >= 4 is 23.5 Å². The average molecular weight is 311 g/mol. The number of esters is 2. The first-order valence-electron chi connectivity index (χ1n) is 6.19. The van der Waals surface area contributed by atoms with Crippen LogP contribution in [0.4, 0.5) is 8.78 Å². The van der Waals surface area contributed by atoms with Crippen LogP contribution in [0.2, 0.25) is 0 Å². The van der Waals surface area contributed by atoms with Crippen LogP contribution in [-0.4, -0.2) is 24.6 Å². The lowest BCUT2D eigenvalue weighted by Crippen LogP contribution is -2.23. The SMILES string of the molecule is CCOC(=O)[C@@H]1[C@@H](C(OC(C)=O)C(Cl)=C(F)F)C1(C)C. The summed E-state index contributed by atoms with van der Waals surface area (Å²) in [5, 5.41) is -0.843. The molecule has 0 radical (unpaired) electrons. The van der Waals surface area contributed by atoms with E-state index in [4.69, 9.17) is 21.1 Å². The molecule has 0 spiro atoms. The number of carbonyl (C=O) groups excluding carboxylic acids is 2. The van der Waals surface area contributed by atoms with Crippen molar-refractivity contribution in [2.45, 2.75) is 33.8 Å². The van der Waals surface area contributed by atoms with Crippen molar-refractivity contribution in [3.05, 3.63) is 11.1 Å². The molecule has 3 atom stereocenters. The monoisotopic (exact) mass is 310 g/mol. The normalized spacial score (nSPS) is 24.6. The van der Waals surface area contributed by atoms with Gasteiger partial charge in [0.2, 0.25) is 0 Å². The molecular weight excluding hydrogens is 294 g/mol. The second-order valence-corrected chi connectivity index (χ2v) is 5.62. The molecule has 0 saturated heterocycles. The minimum Gasteiger partial charge on any atom is -0.466 e. The number of hydrogen-bond acceptors (Lipinski definition) is 4. The van der Waals surface area contributed by atoms with Crippen LogP contribution in [-0.2, 0) is 19.1 Å². The summed E-state index contributed by atoms with van der Waals surface area (Å²) < 4.78 is 35.1. The molecule has 0 bridgehead atoms. The van der Waals surface area contributed by atoms with Crippen molar-refractivity contribution in [2.75, 3.05) is 6.61 Å². The molecule has 0 aliphatic heterocycles. The van der Waals surface area contributed by atoms with Crippen LogP contribution in [0, 0.1) is 17.3 Å². The highest BCUT2D eigenvalue weighted by Crippen LogP contribution is 2.62. The molecule has 0 N–H and O–H groups in total. The molecule has 1 saturated carbocycles. The van der Waals surface area contributed by atoms with E-state index < -0.39 is 46.4 Å². The summed E-state index contributed by atoms with van der Waals surface area (Å²) in [5.74, 6) is -2.48. The Kier molecular flexibility index (Phi) is 5.13. The van der Waals surface area contributed by atoms with E-state index in [0.717, 1.165) is 6.92 Å². The lowest BCUT2D eigenvalue weighted by molar-refractivity contribution is -0.149. The number of rotatable bonds is 5. The number of hydrogen-bond donors (Lipinski definition) is 0. The van der Waals surface area contributed by atoms with Gasteiger partial charge in [0.05, 0.1) is 12.5 Å². The Hall–Kier alpha value is -1.17. The summed E-state index contributed by atoms with van der Waals surface area (Å²) in [6.07, 6.45) is -3.45. The summed E-state index contributed by atoms with van der Waals surface area (Å²) >= 11 is 5.54. The lowest BCUT2D eigenvalue weighted by atomic mass is 10.1. The molecule has 0 heterocycles. The number of carbonyl (C=O) groups is 2. The predicted molar refractivity (Wildman–Crippen MR) is 68.0 cm³/mol. The van der Waals surface area contributed by atoms with Gasteiger partial charge in [-0.05, 0) is 12.3 Å². The Labute approximate surface area is 121 Å². The van der Waals surface area contributed by atoms with Crippen molar-refractivity contribution in [3.63, 3.8) is 0 Å². The molecule has 114 valence electrons. The number of halogens is 3. The van der Waals surface area contributed by atoms with Crippen LogP contribution in [0.25, 0.3) is 0 Å². The van der Waals surface area contributed by atoms with E-state index in [2.05, 4.69) is 0 Å². The van der Waals surface area contributed by atoms with Crippen molar-refractivity contribution in [3.8, 4) is 0 Å². The van der Waals surface area contributed by atoms with E-state index >= 15 is 0 Å². The van der Waals surface area contributed by atoms with Crippen molar-refractivity contribution in [1.82, 2.24) is 0 Å². The third kappa shape index (κ3) is 3.29. The highest BCUT2D eigenvalue weighted by atomic mass is 35.5. The molecule has 0 aromatic carbocycles. The third-order valence-electron chi connectivity index (χ3n) is 3.50. The molecular formula is C13H17ClF2O4. The lowest BCUT2D eigenvalue weighted by Gasteiger charge is -2.17. The Balaban J connectivity index is 3.01. The Morgan fingerprint density at radius 2 is 1.90 bits per heavy atom. The van der Waals surface area contributed by atoms with E-state index in [1.54, 1.807) is 20.8 Å². The van der Waals surface area contributed by atoms with E-state index in [-0.39, 0.29) is 6.61 Å². The molecule has 20 heavy (non-hydrogen) atoms. The van der Waals surface area contributed by atoms with Gasteiger partial charge in [-0.2, -0.15) is 8.78 Å². The first kappa shape index (κ1) is 16.9. The zero-order chi connectivity index (χ0) is 15.7. The fourth-order valence-electron chi connectivity index (χ4n) is 2.49. The van der Waals surface area contributed by atoms with Gasteiger partial charge in [0, 0.05) is 12.8 Å². The van der Waals surface area contributed by atoms with Crippen molar-refractivity contribution < 1.29 is 27.8 Å². The molecule has 1 unspecified atom stereocenters. The highest BCUT2D eigenvalue weighted by molar-refractivity contribution is 6.30. The molecule has 1 rings (SSSR count). The Morgan fingerprint density at radius 1 is 1.35 bits per heavy atom. The maximum Gasteiger partial charge on any atom is 0.309 e. The second kappa shape index (κ2) is 6.08. The first-order chi connectivity index (χ1) is 9.14. The fourth-order valence-corrected chi connectivity index (χ4v) is 2.67. The summed E-state index contributed by atoms with van der Waals surface area (Å²) in [5.41, 5.74) is -0.623. The van der Waals surface area contributed by atoms with Gasteiger partial charge in [-0.25, -0.2) is 0 Å². The summed E-state index contributed by atoms with van der Waals surface area (Å²) in [4.78, 5) is 22.9. The van der Waals surface area contributed by atoms with Gasteiger partial charge in [0.25, 0.3) is 6.08 Å². The first-order valence-corrected chi connectivity index (χ1v) is 6.56. The molecule has 0 aromatic rings. The minimum absolute atomic E-state index is 0.192. The van der Waals surface area contributed by atoms with Gasteiger partial charge in [-0.15, -0.1) is 0 Å². The zero-order valence-corrected chi connectivity index (χ0v) is 12.5. The summed E-state index contributed by atoms with van der Waals surface area (Å²) in [6, 6.07) is 0. The molecule has 4 nitrogen and oxygen atoms in total. The zero-order valence-electron chi connectivity index (χ0n) is 11.7. The minimum atomic E-state index is -2.12. The molecule has 0 aromatic heterocycles. The highest BCUT2D eigenvalue weighted by Gasteiger charge is 2.67. The van der Waals surface area contributed by atoms with Gasteiger partial charge < -0.3 is 9.47 Å². The predicted octanol–water partition coefficient (Wildman–Crippen LogP) is 3.10. The van der Waals surface area contributed by atoms with Gasteiger partial charge in [0.1, 0.15) is 11.1 Å². The second-order valence-electron chi connectivity index (χ2n) is 5.22. The van der Waals surface area contributed by atoms with Gasteiger partial charge >= 0.3 is 11.9 Å². The molecule has 0 amide bonds. The van der Waals surface area contributed by atoms with Crippen LogP contribution in [0.3, 0.4) is 0 Å². The maximum absolute atomic E-state index is 12.7. The Morgan fingerprint density at radius 3 is 2.30 bits per heavy atom. The quantitative estimate of drug-likeness (QED) is 0.732. The number of ether oxygens (including phenoxy) is 2. The topological polar surface area (TPSA) is 52.6 Å². The Bertz CT molecular complexity index is 444. The molecule has 1 aliphatic carbocycles. The van der Waals surface area contributed by atoms with Gasteiger partial charge in [0.15, 0.2) is 0 Å². The molecule has 1 fully saturated rings. The summed E-state index contributed by atoms with van der Waals surface area (Å²) in [6.45, 7) is 6.38. The van der Waals surface area contributed by atoms with Gasteiger partial charge in [-0.3, -0.25) is 9.59 Å². The average Bonchev–Trinajstić information content (AvgIpc) is 2.88. The fraction of sp³-hybridized carbons (Fsp3) is 0.692. The van der Waals surface area contributed by atoms with Crippen LogP contribution in [0.1, 0.15) is 27.7 Å². The van der Waals surface area contributed by atoms with Crippen LogP contribution < -0.4 is 0 Å².